The Morgan fingerprint density at radius 1 is 1.19 bits per heavy atom. The molecule has 92 valence electrons. The average Bonchev–Trinajstić information content (AvgIpc) is 2.72. The topological polar surface area (TPSA) is 23.6 Å². The fourth-order valence-corrected chi connectivity index (χ4v) is 3.33. The van der Waals surface area contributed by atoms with Crippen LogP contribution in [0.15, 0.2) is 0 Å². The van der Waals surface area contributed by atoms with E-state index in [4.69, 9.17) is 0 Å². The van der Waals surface area contributed by atoms with Crippen molar-refractivity contribution in [3.63, 3.8) is 0 Å². The Bertz CT molecular complexity index is 261. The first kappa shape index (κ1) is 11.7. The van der Waals surface area contributed by atoms with Crippen molar-refractivity contribution in [1.82, 2.24) is 9.80 Å². The molecule has 2 aliphatic rings. The first-order valence-electron chi connectivity index (χ1n) is 6.45. The van der Waals surface area contributed by atoms with Crippen LogP contribution in [0.25, 0.3) is 0 Å². The third-order valence-corrected chi connectivity index (χ3v) is 4.38. The second kappa shape index (κ2) is 4.27. The molecule has 3 atom stereocenters. The molecule has 1 saturated carbocycles. The van der Waals surface area contributed by atoms with Crippen LogP contribution < -0.4 is 0 Å². The molecular weight excluding hydrogens is 200 g/mol. The Balaban J connectivity index is 1.91. The molecule has 0 radical (unpaired) electrons. The number of likely N-dealkylation sites (tertiary alicyclic amines) is 1. The van der Waals surface area contributed by atoms with Crippen molar-refractivity contribution in [2.75, 3.05) is 27.2 Å². The Morgan fingerprint density at radius 3 is 2.06 bits per heavy atom. The third-order valence-electron chi connectivity index (χ3n) is 4.38. The molecule has 0 aromatic rings. The van der Waals surface area contributed by atoms with Crippen LogP contribution in [-0.2, 0) is 0 Å². The molecule has 0 aromatic heterocycles. The minimum atomic E-state index is 0.190. The molecule has 1 heterocycles. The van der Waals surface area contributed by atoms with Crippen LogP contribution in [0.1, 0.15) is 26.7 Å². The van der Waals surface area contributed by atoms with E-state index in [1.165, 1.54) is 12.8 Å². The highest BCUT2D eigenvalue weighted by Crippen LogP contribution is 2.44. The van der Waals surface area contributed by atoms with E-state index in [2.05, 4.69) is 13.8 Å². The van der Waals surface area contributed by atoms with Gasteiger partial charge < -0.3 is 9.80 Å². The highest BCUT2D eigenvalue weighted by atomic mass is 16.2. The van der Waals surface area contributed by atoms with E-state index in [0.717, 1.165) is 36.8 Å². The van der Waals surface area contributed by atoms with Crippen LogP contribution in [0.4, 0.5) is 4.79 Å². The number of carbonyl (C=O) groups is 1. The van der Waals surface area contributed by atoms with Gasteiger partial charge >= 0.3 is 6.03 Å². The molecule has 3 nitrogen and oxygen atoms in total. The fraction of sp³-hybridized carbons (Fsp3) is 0.923. The van der Waals surface area contributed by atoms with Crippen molar-refractivity contribution in [1.29, 1.82) is 0 Å². The van der Waals surface area contributed by atoms with E-state index >= 15 is 0 Å². The van der Waals surface area contributed by atoms with Gasteiger partial charge in [-0.15, -0.1) is 0 Å². The summed E-state index contributed by atoms with van der Waals surface area (Å²) in [6, 6.07) is 0.190. The Labute approximate surface area is 98.8 Å². The van der Waals surface area contributed by atoms with E-state index in [-0.39, 0.29) is 6.03 Å². The number of hydrogen-bond donors (Lipinski definition) is 0. The van der Waals surface area contributed by atoms with Gasteiger partial charge in [0.15, 0.2) is 0 Å². The van der Waals surface area contributed by atoms with E-state index in [1.807, 2.05) is 19.0 Å². The molecular formula is C13H24N2O. The maximum atomic E-state index is 11.8. The number of rotatable bonds is 1. The van der Waals surface area contributed by atoms with Gasteiger partial charge in [0.1, 0.15) is 0 Å². The Kier molecular flexibility index (Phi) is 3.13. The number of hydrogen-bond acceptors (Lipinski definition) is 1. The quantitative estimate of drug-likeness (QED) is 0.670. The molecule has 1 saturated heterocycles. The van der Waals surface area contributed by atoms with Crippen molar-refractivity contribution in [3.05, 3.63) is 0 Å². The van der Waals surface area contributed by atoms with Crippen molar-refractivity contribution in [2.45, 2.75) is 26.7 Å². The average molecular weight is 224 g/mol. The lowest BCUT2D eigenvalue weighted by atomic mass is 9.93. The normalized spacial score (nSPS) is 33.3. The van der Waals surface area contributed by atoms with E-state index < -0.39 is 0 Å². The fourth-order valence-electron chi connectivity index (χ4n) is 3.33. The SMILES string of the molecule is CC(C)C1C[C@@H]2CN(C(=O)N(C)C)C[C@@H]2C1. The summed E-state index contributed by atoms with van der Waals surface area (Å²) in [6.07, 6.45) is 2.67. The summed E-state index contributed by atoms with van der Waals surface area (Å²) >= 11 is 0. The summed E-state index contributed by atoms with van der Waals surface area (Å²) in [5.41, 5.74) is 0. The zero-order chi connectivity index (χ0) is 11.9. The standard InChI is InChI=1S/C13H24N2O/c1-9(2)10-5-11-7-15(8-12(11)6-10)13(16)14(3)4/h9-12H,5-8H2,1-4H3/t10?,11-,12+. The van der Waals surface area contributed by atoms with Crippen LogP contribution in [0, 0.1) is 23.7 Å². The number of amides is 2. The van der Waals surface area contributed by atoms with Gasteiger partial charge in [0.25, 0.3) is 0 Å². The highest BCUT2D eigenvalue weighted by molar-refractivity contribution is 5.74. The van der Waals surface area contributed by atoms with Crippen LogP contribution in [0.5, 0.6) is 0 Å². The molecule has 0 spiro atoms. The van der Waals surface area contributed by atoms with Gasteiger partial charge in [-0.1, -0.05) is 13.8 Å². The van der Waals surface area contributed by atoms with Crippen molar-refractivity contribution in [2.24, 2.45) is 23.7 Å². The van der Waals surface area contributed by atoms with Crippen LogP contribution >= 0.6 is 0 Å². The second-order valence-corrected chi connectivity index (χ2v) is 6.08. The lowest BCUT2D eigenvalue weighted by Crippen LogP contribution is -2.38. The van der Waals surface area contributed by atoms with E-state index in [9.17, 15) is 4.79 Å². The van der Waals surface area contributed by atoms with Gasteiger partial charge in [0, 0.05) is 27.2 Å². The van der Waals surface area contributed by atoms with Crippen molar-refractivity contribution >= 4 is 6.03 Å². The predicted molar refractivity (Wildman–Crippen MR) is 65.2 cm³/mol. The van der Waals surface area contributed by atoms with Gasteiger partial charge in [-0.3, -0.25) is 0 Å². The lowest BCUT2D eigenvalue weighted by Gasteiger charge is -2.23. The minimum absolute atomic E-state index is 0.190. The molecule has 0 aromatic carbocycles. The van der Waals surface area contributed by atoms with E-state index in [0.29, 0.717) is 0 Å². The minimum Gasteiger partial charge on any atom is -0.331 e. The number of nitrogens with zero attached hydrogens (tertiary/aromatic N) is 2. The Hall–Kier alpha value is -0.730. The van der Waals surface area contributed by atoms with Crippen molar-refractivity contribution < 1.29 is 4.79 Å². The van der Waals surface area contributed by atoms with Crippen LogP contribution in [0.2, 0.25) is 0 Å². The summed E-state index contributed by atoms with van der Waals surface area (Å²) in [5.74, 6) is 3.25. The predicted octanol–water partition coefficient (Wildman–Crippen LogP) is 2.28. The summed E-state index contributed by atoms with van der Waals surface area (Å²) in [4.78, 5) is 15.6. The summed E-state index contributed by atoms with van der Waals surface area (Å²) in [7, 11) is 3.68. The molecule has 1 unspecified atom stereocenters. The van der Waals surface area contributed by atoms with Gasteiger partial charge in [-0.2, -0.15) is 0 Å². The summed E-state index contributed by atoms with van der Waals surface area (Å²) < 4.78 is 0. The molecule has 1 aliphatic carbocycles. The monoisotopic (exact) mass is 224 g/mol. The molecule has 2 rings (SSSR count). The lowest BCUT2D eigenvalue weighted by molar-refractivity contribution is 0.176. The first-order valence-corrected chi connectivity index (χ1v) is 6.45. The zero-order valence-electron chi connectivity index (χ0n) is 10.9. The summed E-state index contributed by atoms with van der Waals surface area (Å²) in [5, 5.41) is 0. The number of carbonyl (C=O) groups excluding carboxylic acids is 1. The third kappa shape index (κ3) is 2.04. The first-order chi connectivity index (χ1) is 7.49. The van der Waals surface area contributed by atoms with Crippen molar-refractivity contribution in [3.8, 4) is 0 Å². The molecule has 2 fully saturated rings. The second-order valence-electron chi connectivity index (χ2n) is 6.08. The van der Waals surface area contributed by atoms with Gasteiger partial charge in [0.2, 0.25) is 0 Å². The van der Waals surface area contributed by atoms with Gasteiger partial charge in [0.05, 0.1) is 0 Å². The van der Waals surface area contributed by atoms with Gasteiger partial charge in [-0.25, -0.2) is 4.79 Å². The highest BCUT2D eigenvalue weighted by Gasteiger charge is 2.43. The molecule has 3 heteroatoms. The Morgan fingerprint density at radius 2 is 1.69 bits per heavy atom. The maximum absolute atomic E-state index is 11.8. The zero-order valence-corrected chi connectivity index (χ0v) is 10.9. The summed E-state index contributed by atoms with van der Waals surface area (Å²) in [6.45, 7) is 6.64. The number of urea groups is 1. The number of fused-ring (bicyclic) bond motifs is 1. The molecule has 1 aliphatic heterocycles. The van der Waals surface area contributed by atoms with Crippen LogP contribution in [-0.4, -0.2) is 43.0 Å². The molecule has 16 heavy (non-hydrogen) atoms. The van der Waals surface area contributed by atoms with Gasteiger partial charge in [-0.05, 0) is 36.5 Å². The molecule has 0 N–H and O–H groups in total. The maximum Gasteiger partial charge on any atom is 0.319 e. The molecule has 0 bridgehead atoms. The smallest absolute Gasteiger partial charge is 0.319 e. The van der Waals surface area contributed by atoms with Crippen LogP contribution in [0.3, 0.4) is 0 Å². The van der Waals surface area contributed by atoms with E-state index in [1.54, 1.807) is 4.90 Å². The molecule has 2 amide bonds. The largest absolute Gasteiger partial charge is 0.331 e.